The average molecular weight is 400 g/mol. The standard InChI is InChI=1S/C19H20N4O4S/c24-16-19(17(25)22(12-4-5-12)18(28)20-16)10-11-9-13(23(26)27)6-7-14(11)21-8-2-1-3-15(19)21/h6-7,9,12,15H,1-5,8,10H2,(H,20,24,28)/t15-,19+/m1/s1. The molecule has 1 spiro atoms. The Morgan fingerprint density at radius 3 is 2.71 bits per heavy atom. The van der Waals surface area contributed by atoms with Crippen LogP contribution in [0.3, 0.4) is 0 Å². The topological polar surface area (TPSA) is 95.8 Å². The molecule has 1 saturated carbocycles. The number of rotatable bonds is 2. The molecule has 0 radical (unpaired) electrons. The predicted octanol–water partition coefficient (Wildman–Crippen LogP) is 1.90. The largest absolute Gasteiger partial charge is 0.367 e. The SMILES string of the molecule is O=C1NC(=S)N(C2CC2)C(=O)[C@]12Cc1cc([N+](=O)[O-])ccc1N1CCCC[C@@H]12. The molecular formula is C19H20N4O4S. The minimum atomic E-state index is -1.28. The molecule has 1 N–H and O–H groups in total. The van der Waals surface area contributed by atoms with Gasteiger partial charge in [-0.15, -0.1) is 0 Å². The first-order valence-electron chi connectivity index (χ1n) is 9.66. The van der Waals surface area contributed by atoms with Gasteiger partial charge < -0.3 is 10.2 Å². The van der Waals surface area contributed by atoms with Gasteiger partial charge in [-0.2, -0.15) is 0 Å². The number of anilines is 1. The average Bonchev–Trinajstić information content (AvgIpc) is 3.50. The van der Waals surface area contributed by atoms with Gasteiger partial charge in [-0.05, 0) is 56.0 Å². The summed E-state index contributed by atoms with van der Waals surface area (Å²) in [6.45, 7) is 0.728. The molecule has 28 heavy (non-hydrogen) atoms. The van der Waals surface area contributed by atoms with Crippen molar-refractivity contribution in [2.75, 3.05) is 11.4 Å². The van der Waals surface area contributed by atoms with Crippen LogP contribution in [0.4, 0.5) is 11.4 Å². The maximum absolute atomic E-state index is 13.7. The van der Waals surface area contributed by atoms with Crippen molar-refractivity contribution in [3.8, 4) is 0 Å². The highest BCUT2D eigenvalue weighted by Gasteiger charge is 2.62. The van der Waals surface area contributed by atoms with Gasteiger partial charge in [0, 0.05) is 36.8 Å². The van der Waals surface area contributed by atoms with E-state index in [-0.39, 0.29) is 41.1 Å². The Balaban J connectivity index is 1.66. The third-order valence-electron chi connectivity index (χ3n) is 6.48. The van der Waals surface area contributed by atoms with Crippen LogP contribution in [-0.4, -0.2) is 45.4 Å². The minimum absolute atomic E-state index is 0.0254. The number of non-ortho nitro benzene ring substituents is 1. The highest BCUT2D eigenvalue weighted by molar-refractivity contribution is 7.80. The molecule has 3 heterocycles. The number of piperidine rings is 1. The van der Waals surface area contributed by atoms with Gasteiger partial charge >= 0.3 is 0 Å². The Bertz CT molecular complexity index is 931. The first kappa shape index (κ1) is 17.5. The fourth-order valence-corrected chi connectivity index (χ4v) is 5.37. The summed E-state index contributed by atoms with van der Waals surface area (Å²) in [6.07, 6.45) is 4.58. The van der Waals surface area contributed by atoms with Crippen LogP contribution in [0.25, 0.3) is 0 Å². The summed E-state index contributed by atoms with van der Waals surface area (Å²) < 4.78 is 0. The number of nitro groups is 1. The molecular weight excluding hydrogens is 380 g/mol. The predicted molar refractivity (Wildman–Crippen MR) is 105 cm³/mol. The third kappa shape index (κ3) is 2.32. The molecule has 9 heteroatoms. The van der Waals surface area contributed by atoms with E-state index >= 15 is 0 Å². The Kier molecular flexibility index (Phi) is 3.74. The Morgan fingerprint density at radius 2 is 2.00 bits per heavy atom. The van der Waals surface area contributed by atoms with E-state index in [1.54, 1.807) is 11.0 Å². The van der Waals surface area contributed by atoms with Gasteiger partial charge in [-0.25, -0.2) is 0 Å². The molecule has 3 fully saturated rings. The summed E-state index contributed by atoms with van der Waals surface area (Å²) in [6, 6.07) is 4.56. The molecule has 2 amide bonds. The molecule has 1 aromatic rings. The summed E-state index contributed by atoms with van der Waals surface area (Å²) in [5, 5.41) is 14.2. The summed E-state index contributed by atoms with van der Waals surface area (Å²) in [7, 11) is 0. The molecule has 1 aromatic carbocycles. The molecule has 5 rings (SSSR count). The number of fused-ring (bicyclic) bond motifs is 4. The number of nitro benzene ring substituents is 1. The molecule has 3 aliphatic heterocycles. The van der Waals surface area contributed by atoms with Crippen LogP contribution in [-0.2, 0) is 16.0 Å². The van der Waals surface area contributed by atoms with Gasteiger partial charge in [-0.1, -0.05) is 0 Å². The molecule has 0 aromatic heterocycles. The summed E-state index contributed by atoms with van der Waals surface area (Å²) in [5.41, 5.74) is 0.266. The van der Waals surface area contributed by atoms with Gasteiger partial charge in [0.15, 0.2) is 10.5 Å². The second kappa shape index (κ2) is 5.97. The van der Waals surface area contributed by atoms with E-state index < -0.39 is 10.3 Å². The Morgan fingerprint density at radius 1 is 1.21 bits per heavy atom. The summed E-state index contributed by atoms with van der Waals surface area (Å²) >= 11 is 5.30. The zero-order valence-electron chi connectivity index (χ0n) is 15.2. The van der Waals surface area contributed by atoms with Crippen molar-refractivity contribution in [3.05, 3.63) is 33.9 Å². The summed E-state index contributed by atoms with van der Waals surface area (Å²) in [5.74, 6) is -0.605. The zero-order chi connectivity index (χ0) is 19.6. The molecule has 146 valence electrons. The Labute approximate surface area is 167 Å². The lowest BCUT2D eigenvalue weighted by Crippen LogP contribution is -2.72. The summed E-state index contributed by atoms with van der Waals surface area (Å²) in [4.78, 5) is 41.5. The van der Waals surface area contributed by atoms with Crippen LogP contribution in [0.2, 0.25) is 0 Å². The molecule has 4 aliphatic rings. The normalized spacial score (nSPS) is 29.4. The molecule has 1 aliphatic carbocycles. The van der Waals surface area contributed by atoms with Gasteiger partial charge in [-0.3, -0.25) is 24.6 Å². The number of hydrogen-bond donors (Lipinski definition) is 1. The quantitative estimate of drug-likeness (QED) is 0.353. The molecule has 2 atom stereocenters. The number of carbonyl (C=O) groups is 2. The number of amides is 2. The Hall–Kier alpha value is -2.55. The number of nitrogens with zero attached hydrogens (tertiary/aromatic N) is 3. The van der Waals surface area contributed by atoms with Crippen molar-refractivity contribution in [1.82, 2.24) is 10.2 Å². The van der Waals surface area contributed by atoms with Crippen molar-refractivity contribution in [3.63, 3.8) is 0 Å². The van der Waals surface area contributed by atoms with Crippen molar-refractivity contribution < 1.29 is 14.5 Å². The van der Waals surface area contributed by atoms with Crippen molar-refractivity contribution in [2.24, 2.45) is 5.41 Å². The maximum atomic E-state index is 13.7. The minimum Gasteiger partial charge on any atom is -0.367 e. The van der Waals surface area contributed by atoms with E-state index in [4.69, 9.17) is 12.2 Å². The lowest BCUT2D eigenvalue weighted by Gasteiger charge is -2.54. The highest BCUT2D eigenvalue weighted by atomic mass is 32.1. The number of carbonyl (C=O) groups excluding carboxylic acids is 2. The van der Waals surface area contributed by atoms with Crippen LogP contribution in [0.5, 0.6) is 0 Å². The van der Waals surface area contributed by atoms with Crippen LogP contribution < -0.4 is 10.2 Å². The maximum Gasteiger partial charge on any atom is 0.269 e. The van der Waals surface area contributed by atoms with Gasteiger partial charge in [0.2, 0.25) is 11.8 Å². The lowest BCUT2D eigenvalue weighted by molar-refractivity contribution is -0.384. The number of hydrogen-bond acceptors (Lipinski definition) is 6. The van der Waals surface area contributed by atoms with Crippen LogP contribution in [0.15, 0.2) is 18.2 Å². The number of benzene rings is 1. The van der Waals surface area contributed by atoms with Crippen molar-refractivity contribution in [1.29, 1.82) is 0 Å². The zero-order valence-corrected chi connectivity index (χ0v) is 16.0. The van der Waals surface area contributed by atoms with E-state index in [0.717, 1.165) is 44.3 Å². The van der Waals surface area contributed by atoms with Gasteiger partial charge in [0.05, 0.1) is 11.0 Å². The monoisotopic (exact) mass is 400 g/mol. The highest BCUT2D eigenvalue weighted by Crippen LogP contribution is 2.49. The molecule has 2 saturated heterocycles. The third-order valence-corrected chi connectivity index (χ3v) is 6.78. The second-order valence-electron chi connectivity index (χ2n) is 8.09. The van der Waals surface area contributed by atoms with Crippen LogP contribution in [0.1, 0.15) is 37.7 Å². The smallest absolute Gasteiger partial charge is 0.269 e. The fourth-order valence-electron chi connectivity index (χ4n) is 5.05. The van der Waals surface area contributed by atoms with Crippen LogP contribution >= 0.6 is 12.2 Å². The first-order valence-corrected chi connectivity index (χ1v) is 10.1. The second-order valence-corrected chi connectivity index (χ2v) is 8.48. The number of nitrogens with one attached hydrogen (secondary N) is 1. The van der Waals surface area contributed by atoms with E-state index in [2.05, 4.69) is 10.2 Å². The lowest BCUT2D eigenvalue weighted by atomic mass is 9.66. The van der Waals surface area contributed by atoms with Gasteiger partial charge in [0.1, 0.15) is 0 Å². The molecule has 0 unspecified atom stereocenters. The van der Waals surface area contributed by atoms with E-state index in [1.807, 2.05) is 0 Å². The van der Waals surface area contributed by atoms with Crippen molar-refractivity contribution in [2.45, 2.75) is 50.6 Å². The fraction of sp³-hybridized carbons (Fsp3) is 0.526. The van der Waals surface area contributed by atoms with E-state index in [1.165, 1.54) is 12.1 Å². The molecule has 0 bridgehead atoms. The van der Waals surface area contributed by atoms with Crippen molar-refractivity contribution >= 4 is 40.5 Å². The van der Waals surface area contributed by atoms with E-state index in [0.29, 0.717) is 5.56 Å². The van der Waals surface area contributed by atoms with E-state index in [9.17, 15) is 19.7 Å². The van der Waals surface area contributed by atoms with Crippen LogP contribution in [0, 0.1) is 15.5 Å². The first-order chi connectivity index (χ1) is 13.4. The molecule has 8 nitrogen and oxygen atoms in total. The number of thiocarbonyl (C=S) groups is 1. The van der Waals surface area contributed by atoms with Gasteiger partial charge in [0.25, 0.3) is 5.69 Å².